The number of aryl methyl sites for hydroxylation is 1. The molecule has 0 atom stereocenters. The second kappa shape index (κ2) is 6.44. The second-order valence-electron chi connectivity index (χ2n) is 4.97. The maximum atomic E-state index is 12.3. The molecule has 0 saturated heterocycles. The zero-order valence-electron chi connectivity index (χ0n) is 12.3. The number of halogens is 2. The van der Waals surface area contributed by atoms with Crippen molar-refractivity contribution in [2.45, 2.75) is 6.92 Å². The molecule has 116 valence electrons. The van der Waals surface area contributed by atoms with E-state index < -0.39 is 0 Å². The van der Waals surface area contributed by atoms with Crippen LogP contribution >= 0.6 is 23.2 Å². The lowest BCUT2D eigenvalue weighted by atomic mass is 10.2. The van der Waals surface area contributed by atoms with E-state index in [0.29, 0.717) is 21.3 Å². The number of hydrogen-bond acceptors (Lipinski definition) is 2. The molecule has 0 aliphatic rings. The first-order valence-electron chi connectivity index (χ1n) is 6.91. The molecule has 1 aromatic heterocycles. The van der Waals surface area contributed by atoms with Crippen LogP contribution in [0.3, 0.4) is 0 Å². The largest absolute Gasteiger partial charge is 0.322 e. The van der Waals surface area contributed by atoms with Crippen LogP contribution in [0.15, 0.2) is 54.9 Å². The zero-order chi connectivity index (χ0) is 16.4. The summed E-state index contributed by atoms with van der Waals surface area (Å²) in [7, 11) is 0. The predicted molar refractivity (Wildman–Crippen MR) is 92.7 cm³/mol. The van der Waals surface area contributed by atoms with Crippen molar-refractivity contribution in [2.75, 3.05) is 5.32 Å². The minimum Gasteiger partial charge on any atom is -0.322 e. The van der Waals surface area contributed by atoms with Gasteiger partial charge in [0.2, 0.25) is 0 Å². The van der Waals surface area contributed by atoms with Crippen LogP contribution in [0.1, 0.15) is 16.2 Å². The van der Waals surface area contributed by atoms with Crippen molar-refractivity contribution in [3.05, 3.63) is 76.3 Å². The third-order valence-electron chi connectivity index (χ3n) is 3.40. The molecule has 6 heteroatoms. The van der Waals surface area contributed by atoms with E-state index in [1.165, 1.54) is 0 Å². The molecular formula is C17H13Cl2N3O. The van der Waals surface area contributed by atoms with Crippen molar-refractivity contribution < 1.29 is 4.79 Å². The number of nitrogens with zero attached hydrogens (tertiary/aromatic N) is 2. The van der Waals surface area contributed by atoms with Crippen molar-refractivity contribution in [2.24, 2.45) is 0 Å². The molecule has 23 heavy (non-hydrogen) atoms. The quantitative estimate of drug-likeness (QED) is 0.745. The van der Waals surface area contributed by atoms with Gasteiger partial charge in [-0.2, -0.15) is 0 Å². The summed E-state index contributed by atoms with van der Waals surface area (Å²) in [5, 5.41) is 3.63. The van der Waals surface area contributed by atoms with Gasteiger partial charge in [0.15, 0.2) is 0 Å². The van der Waals surface area contributed by atoms with E-state index in [4.69, 9.17) is 23.2 Å². The highest BCUT2D eigenvalue weighted by Gasteiger charge is 2.11. The van der Waals surface area contributed by atoms with Gasteiger partial charge in [-0.25, -0.2) is 4.98 Å². The van der Waals surface area contributed by atoms with Crippen LogP contribution in [0.5, 0.6) is 0 Å². The lowest BCUT2D eigenvalue weighted by Gasteiger charge is -2.09. The van der Waals surface area contributed by atoms with E-state index in [9.17, 15) is 4.79 Å². The monoisotopic (exact) mass is 345 g/mol. The van der Waals surface area contributed by atoms with Crippen molar-refractivity contribution in [3.63, 3.8) is 0 Å². The Morgan fingerprint density at radius 1 is 1.13 bits per heavy atom. The minimum absolute atomic E-state index is 0.302. The van der Waals surface area contributed by atoms with E-state index in [2.05, 4.69) is 10.3 Å². The van der Waals surface area contributed by atoms with Crippen LogP contribution in [0.4, 0.5) is 5.69 Å². The third-order valence-corrected chi connectivity index (χ3v) is 3.97. The highest BCUT2D eigenvalue weighted by Crippen LogP contribution is 2.22. The van der Waals surface area contributed by atoms with Crippen LogP contribution in [-0.4, -0.2) is 15.5 Å². The Balaban J connectivity index is 1.79. The predicted octanol–water partition coefficient (Wildman–Crippen LogP) is 4.74. The molecule has 0 fully saturated rings. The van der Waals surface area contributed by atoms with Crippen molar-refractivity contribution in [1.29, 1.82) is 0 Å². The van der Waals surface area contributed by atoms with Crippen molar-refractivity contribution >= 4 is 34.8 Å². The molecule has 0 aliphatic heterocycles. The van der Waals surface area contributed by atoms with Crippen LogP contribution < -0.4 is 5.32 Å². The highest BCUT2D eigenvalue weighted by molar-refractivity contribution is 6.36. The van der Waals surface area contributed by atoms with Gasteiger partial charge in [-0.05, 0) is 49.4 Å². The molecular weight excluding hydrogens is 333 g/mol. The molecule has 3 rings (SSSR count). The number of imidazole rings is 1. The van der Waals surface area contributed by atoms with Gasteiger partial charge in [0.05, 0.1) is 10.6 Å². The van der Waals surface area contributed by atoms with Crippen LogP contribution in [-0.2, 0) is 0 Å². The van der Waals surface area contributed by atoms with Gasteiger partial charge in [0.25, 0.3) is 5.91 Å². The van der Waals surface area contributed by atoms with Gasteiger partial charge in [0, 0.05) is 28.8 Å². The fourth-order valence-corrected chi connectivity index (χ4v) is 2.60. The van der Waals surface area contributed by atoms with Crippen LogP contribution in [0, 0.1) is 6.92 Å². The Hall–Kier alpha value is -2.30. The molecule has 1 amide bonds. The zero-order valence-corrected chi connectivity index (χ0v) is 13.8. The Morgan fingerprint density at radius 2 is 1.87 bits per heavy atom. The van der Waals surface area contributed by atoms with Gasteiger partial charge in [-0.1, -0.05) is 23.2 Å². The van der Waals surface area contributed by atoms with Crippen LogP contribution in [0.2, 0.25) is 10.0 Å². The third kappa shape index (κ3) is 3.38. The Labute approximate surface area is 143 Å². The van der Waals surface area contributed by atoms with Gasteiger partial charge >= 0.3 is 0 Å². The summed E-state index contributed by atoms with van der Waals surface area (Å²) < 4.78 is 1.96. The van der Waals surface area contributed by atoms with E-state index in [-0.39, 0.29) is 5.91 Å². The number of hydrogen-bond donors (Lipinski definition) is 1. The molecule has 1 N–H and O–H groups in total. The summed E-state index contributed by atoms with van der Waals surface area (Å²) >= 11 is 11.9. The normalized spacial score (nSPS) is 10.6. The number of amides is 1. The number of carbonyl (C=O) groups excluding carboxylic acids is 1. The summed E-state index contributed by atoms with van der Waals surface area (Å²) in [5.41, 5.74) is 1.99. The van der Waals surface area contributed by atoms with Gasteiger partial charge in [0.1, 0.15) is 5.82 Å². The molecule has 3 aromatic rings. The highest BCUT2D eigenvalue weighted by atomic mass is 35.5. The number of anilines is 1. The number of aromatic nitrogens is 2. The minimum atomic E-state index is -0.302. The smallest absolute Gasteiger partial charge is 0.257 e. The molecule has 0 saturated carbocycles. The van der Waals surface area contributed by atoms with E-state index in [1.54, 1.807) is 24.4 Å². The molecule has 0 radical (unpaired) electrons. The molecule has 1 heterocycles. The first kappa shape index (κ1) is 15.6. The molecule has 0 unspecified atom stereocenters. The number of benzene rings is 2. The van der Waals surface area contributed by atoms with E-state index >= 15 is 0 Å². The van der Waals surface area contributed by atoms with Gasteiger partial charge in [-0.3, -0.25) is 4.79 Å². The summed E-state index contributed by atoms with van der Waals surface area (Å²) in [5.74, 6) is 0.594. The maximum Gasteiger partial charge on any atom is 0.257 e. The van der Waals surface area contributed by atoms with Gasteiger partial charge in [-0.15, -0.1) is 0 Å². The first-order valence-corrected chi connectivity index (χ1v) is 7.67. The van der Waals surface area contributed by atoms with Gasteiger partial charge < -0.3 is 9.88 Å². The lowest BCUT2D eigenvalue weighted by molar-refractivity contribution is 0.102. The average Bonchev–Trinajstić information content (AvgIpc) is 2.96. The van der Waals surface area contributed by atoms with Crippen LogP contribution in [0.25, 0.3) is 5.69 Å². The molecule has 0 bridgehead atoms. The number of rotatable bonds is 3. The van der Waals surface area contributed by atoms with E-state index in [0.717, 1.165) is 11.5 Å². The summed E-state index contributed by atoms with van der Waals surface area (Å²) in [6.45, 7) is 1.93. The number of nitrogens with one attached hydrogen (secondary N) is 1. The summed E-state index contributed by atoms with van der Waals surface area (Å²) in [4.78, 5) is 16.5. The molecule has 0 aliphatic carbocycles. The molecule has 4 nitrogen and oxygen atoms in total. The Bertz CT molecular complexity index is 857. The second-order valence-corrected chi connectivity index (χ2v) is 5.81. The fourth-order valence-electron chi connectivity index (χ4n) is 2.23. The standard InChI is InChI=1S/C17H13Cl2N3O/c1-11-20-8-9-22(11)14-5-3-13(4-6-14)21-17(23)15-10-12(18)2-7-16(15)19/h2-10H,1H3,(H,21,23). The molecule has 2 aromatic carbocycles. The lowest BCUT2D eigenvalue weighted by Crippen LogP contribution is -2.12. The Kier molecular flexibility index (Phi) is 4.37. The topological polar surface area (TPSA) is 46.9 Å². The Morgan fingerprint density at radius 3 is 2.52 bits per heavy atom. The number of carbonyl (C=O) groups is 1. The van der Waals surface area contributed by atoms with Crippen molar-refractivity contribution in [3.8, 4) is 5.69 Å². The average molecular weight is 346 g/mol. The van der Waals surface area contributed by atoms with E-state index in [1.807, 2.05) is 42.0 Å². The first-order chi connectivity index (χ1) is 11.0. The summed E-state index contributed by atoms with van der Waals surface area (Å²) in [6.07, 6.45) is 3.63. The van der Waals surface area contributed by atoms with Crippen molar-refractivity contribution in [1.82, 2.24) is 9.55 Å². The summed E-state index contributed by atoms with van der Waals surface area (Å²) in [6, 6.07) is 12.2. The molecule has 0 spiro atoms. The maximum absolute atomic E-state index is 12.3. The SMILES string of the molecule is Cc1nccn1-c1ccc(NC(=O)c2cc(Cl)ccc2Cl)cc1. The fraction of sp³-hybridized carbons (Fsp3) is 0.0588.